The van der Waals surface area contributed by atoms with Gasteiger partial charge in [0.25, 0.3) is 0 Å². The van der Waals surface area contributed by atoms with E-state index in [2.05, 4.69) is 59.2 Å². The summed E-state index contributed by atoms with van der Waals surface area (Å²) in [5.41, 5.74) is -1.76. The molecule has 11 nitrogen and oxygen atoms in total. The Balaban J connectivity index is 2.14. The maximum absolute atomic E-state index is 17.4. The standard InChI is InChI=1S/C29H48FN6O5Si2/c1-13-29(30)23(41-42(17(4)5)18(6)7)21(14-39-43(38,19(8)9)20(10)11)40-27(29)36-15-32-22-24(31-12)33-28(34-25(22)36)35-26(37)16(2)3/h1,15-21,23,27,38H,14H2,2-12H3,(H2,31,33,34,35,37)/t21-,23?,27-,29-/m1/s1. The third-order valence-electron chi connectivity index (χ3n) is 7.84. The van der Waals surface area contributed by atoms with E-state index in [-0.39, 0.29) is 52.2 Å². The molecule has 1 saturated heterocycles. The van der Waals surface area contributed by atoms with Crippen LogP contribution in [0.5, 0.6) is 0 Å². The summed E-state index contributed by atoms with van der Waals surface area (Å²) < 4.78 is 38.0. The highest BCUT2D eigenvalue weighted by atomic mass is 28.4. The van der Waals surface area contributed by atoms with Crippen molar-refractivity contribution in [3.8, 4) is 12.3 Å². The Morgan fingerprint density at radius 1 is 1.19 bits per heavy atom. The van der Waals surface area contributed by atoms with E-state index in [0.29, 0.717) is 11.3 Å². The van der Waals surface area contributed by atoms with Crippen LogP contribution in [0.25, 0.3) is 11.2 Å². The summed E-state index contributed by atoms with van der Waals surface area (Å²) in [6.45, 7) is 19.3. The number of nitrogens with zero attached hydrogens (tertiary/aromatic N) is 4. The third kappa shape index (κ3) is 6.97. The minimum atomic E-state index is -3.21. The number of fused-ring (bicyclic) bond motifs is 1. The lowest BCUT2D eigenvalue weighted by molar-refractivity contribution is -0.118. The first-order valence-electron chi connectivity index (χ1n) is 15.0. The molecule has 239 valence electrons. The molecular formula is C29H48FN6O5Si2. The van der Waals surface area contributed by atoms with E-state index in [4.69, 9.17) is 20.0 Å². The van der Waals surface area contributed by atoms with E-state index in [0.717, 1.165) is 0 Å². The van der Waals surface area contributed by atoms with Crippen molar-refractivity contribution >= 4 is 46.4 Å². The predicted molar refractivity (Wildman–Crippen MR) is 170 cm³/mol. The second-order valence-electron chi connectivity index (χ2n) is 12.7. The van der Waals surface area contributed by atoms with Crippen molar-refractivity contribution in [2.75, 3.05) is 24.3 Å². The number of alkyl halides is 1. The van der Waals surface area contributed by atoms with Gasteiger partial charge in [0, 0.05) is 13.0 Å². The zero-order valence-corrected chi connectivity index (χ0v) is 29.2. The Morgan fingerprint density at radius 2 is 1.79 bits per heavy atom. The molecule has 2 aromatic heterocycles. The quantitative estimate of drug-likeness (QED) is 0.201. The molecule has 1 radical (unpaired) electrons. The van der Waals surface area contributed by atoms with Crippen molar-refractivity contribution < 1.29 is 27.6 Å². The van der Waals surface area contributed by atoms with Crippen molar-refractivity contribution in [3.63, 3.8) is 0 Å². The summed E-state index contributed by atoms with van der Waals surface area (Å²) >= 11 is 0. The molecule has 14 heteroatoms. The SMILES string of the molecule is C#C[C@@]1(F)C(O[Si](C(C)C)C(C)C)[C@@H](CO[Si](O)(C(C)C)C(C)C)O[C@H]1n1cnc2c(NC)nc(NC(=O)C(C)C)nc21. The molecule has 2 aromatic rings. The minimum absolute atomic E-state index is 0.0307. The molecule has 0 bridgehead atoms. The van der Waals surface area contributed by atoms with Gasteiger partial charge in [-0.15, -0.1) is 6.42 Å². The lowest BCUT2D eigenvalue weighted by Gasteiger charge is -2.35. The van der Waals surface area contributed by atoms with E-state index < -0.39 is 41.7 Å². The highest BCUT2D eigenvalue weighted by Gasteiger charge is 2.60. The zero-order valence-electron chi connectivity index (χ0n) is 27.2. The molecule has 1 unspecified atom stereocenters. The monoisotopic (exact) mass is 635 g/mol. The van der Waals surface area contributed by atoms with Crippen LogP contribution in [0, 0.1) is 18.3 Å². The van der Waals surface area contributed by atoms with E-state index in [9.17, 15) is 9.59 Å². The van der Waals surface area contributed by atoms with Crippen molar-refractivity contribution in [2.45, 2.75) is 116 Å². The predicted octanol–water partition coefficient (Wildman–Crippen LogP) is 5.17. The van der Waals surface area contributed by atoms with Crippen LogP contribution in [0.15, 0.2) is 6.33 Å². The largest absolute Gasteiger partial charge is 0.410 e. The molecule has 1 aliphatic heterocycles. The van der Waals surface area contributed by atoms with E-state index >= 15 is 4.39 Å². The van der Waals surface area contributed by atoms with Gasteiger partial charge in [0.1, 0.15) is 12.2 Å². The summed E-state index contributed by atoms with van der Waals surface area (Å²) in [6.07, 6.45) is 3.87. The second kappa shape index (κ2) is 13.7. The second-order valence-corrected chi connectivity index (χ2v) is 20.1. The highest BCUT2D eigenvalue weighted by molar-refractivity contribution is 6.68. The maximum Gasteiger partial charge on any atom is 0.340 e. The number of terminal acetylenes is 1. The van der Waals surface area contributed by atoms with Gasteiger partial charge in [-0.25, -0.2) is 9.37 Å². The van der Waals surface area contributed by atoms with Crippen molar-refractivity contribution in [3.05, 3.63) is 6.33 Å². The summed E-state index contributed by atoms with van der Waals surface area (Å²) in [5, 5.41) is 5.66. The number of hydrogen-bond donors (Lipinski definition) is 3. The molecule has 3 N–H and O–H groups in total. The van der Waals surface area contributed by atoms with Crippen molar-refractivity contribution in [1.29, 1.82) is 0 Å². The highest BCUT2D eigenvalue weighted by Crippen LogP contribution is 2.46. The number of carbonyl (C=O) groups excluding carboxylic acids is 1. The minimum Gasteiger partial charge on any atom is -0.410 e. The van der Waals surface area contributed by atoms with Crippen LogP contribution in [-0.2, 0) is 18.4 Å². The molecule has 0 aromatic carbocycles. The van der Waals surface area contributed by atoms with E-state index in [1.165, 1.54) is 10.9 Å². The fourth-order valence-corrected chi connectivity index (χ4v) is 10.3. The van der Waals surface area contributed by atoms with Gasteiger partial charge in [0.2, 0.25) is 26.6 Å². The Hall–Kier alpha value is -2.42. The number of hydrogen-bond acceptors (Lipinski definition) is 9. The van der Waals surface area contributed by atoms with Crippen LogP contribution >= 0.6 is 0 Å². The molecule has 1 amide bonds. The molecule has 3 heterocycles. The smallest absolute Gasteiger partial charge is 0.340 e. The van der Waals surface area contributed by atoms with Gasteiger partial charge in [-0.2, -0.15) is 9.97 Å². The fourth-order valence-electron chi connectivity index (χ4n) is 5.33. The van der Waals surface area contributed by atoms with Gasteiger partial charge in [-0.05, 0) is 22.2 Å². The van der Waals surface area contributed by atoms with E-state index in [1.807, 2.05) is 27.7 Å². The fraction of sp³-hybridized carbons (Fsp3) is 0.724. The van der Waals surface area contributed by atoms with Crippen LogP contribution in [0.2, 0.25) is 22.2 Å². The average Bonchev–Trinajstić information content (AvgIpc) is 3.47. The number of ether oxygens (including phenoxy) is 1. The van der Waals surface area contributed by atoms with Gasteiger partial charge in [-0.3, -0.25) is 14.7 Å². The normalized spacial score (nSPS) is 23.0. The summed E-state index contributed by atoms with van der Waals surface area (Å²) in [5.74, 6) is 2.14. The van der Waals surface area contributed by atoms with E-state index in [1.54, 1.807) is 20.9 Å². The van der Waals surface area contributed by atoms with Crippen LogP contribution in [-0.4, -0.2) is 79.4 Å². The number of carbonyl (C=O) groups is 1. The Bertz CT molecular complexity index is 1300. The summed E-state index contributed by atoms with van der Waals surface area (Å²) in [7, 11) is -3.11. The first-order valence-corrected chi connectivity index (χ1v) is 18.5. The first kappa shape index (κ1) is 35.1. The van der Waals surface area contributed by atoms with Gasteiger partial charge in [-0.1, -0.05) is 75.2 Å². The number of nitrogens with one attached hydrogen (secondary N) is 2. The summed E-state index contributed by atoms with van der Waals surface area (Å²) in [6, 6.07) is 0. The average molecular weight is 636 g/mol. The van der Waals surface area contributed by atoms with Crippen LogP contribution in [0.1, 0.15) is 75.5 Å². The molecule has 0 spiro atoms. The molecule has 4 atom stereocenters. The Kier molecular flexibility index (Phi) is 11.2. The van der Waals surface area contributed by atoms with Gasteiger partial charge in [0.15, 0.2) is 23.2 Å². The molecule has 1 aliphatic rings. The molecule has 0 aliphatic carbocycles. The molecule has 43 heavy (non-hydrogen) atoms. The Labute approximate surface area is 257 Å². The van der Waals surface area contributed by atoms with Gasteiger partial charge >= 0.3 is 8.56 Å². The van der Waals surface area contributed by atoms with Crippen LogP contribution in [0.3, 0.4) is 0 Å². The van der Waals surface area contributed by atoms with Crippen molar-refractivity contribution in [1.82, 2.24) is 19.5 Å². The maximum atomic E-state index is 17.4. The van der Waals surface area contributed by atoms with Gasteiger partial charge < -0.3 is 23.7 Å². The van der Waals surface area contributed by atoms with Crippen LogP contribution in [0.4, 0.5) is 16.2 Å². The number of anilines is 2. The number of halogens is 1. The number of amides is 1. The molecular weight excluding hydrogens is 588 g/mol. The molecule has 1 fully saturated rings. The number of rotatable bonds is 13. The lowest BCUT2D eigenvalue weighted by Crippen LogP contribution is -2.51. The number of imidazole rings is 1. The molecule has 3 rings (SSSR count). The lowest BCUT2D eigenvalue weighted by atomic mass is 9.97. The number of aromatic nitrogens is 4. The first-order chi connectivity index (χ1) is 20.0. The molecule has 0 saturated carbocycles. The third-order valence-corrected chi connectivity index (χ3v) is 14.6. The summed E-state index contributed by atoms with van der Waals surface area (Å²) in [4.78, 5) is 37.2. The van der Waals surface area contributed by atoms with Gasteiger partial charge in [0.05, 0.1) is 12.9 Å². The Morgan fingerprint density at radius 3 is 2.28 bits per heavy atom. The topological polar surface area (TPSA) is 133 Å². The zero-order chi connectivity index (χ0) is 32.4. The van der Waals surface area contributed by atoms with Crippen LogP contribution < -0.4 is 10.6 Å². The van der Waals surface area contributed by atoms with Crippen molar-refractivity contribution in [2.24, 2.45) is 5.92 Å².